The van der Waals surface area contributed by atoms with Crippen LogP contribution in [0.3, 0.4) is 0 Å². The lowest BCUT2D eigenvalue weighted by Crippen LogP contribution is -2.34. The highest BCUT2D eigenvalue weighted by Gasteiger charge is 2.07. The van der Waals surface area contributed by atoms with Crippen LogP contribution in [0.25, 0.3) is 0 Å². The van der Waals surface area contributed by atoms with E-state index in [0.717, 1.165) is 24.2 Å². The van der Waals surface area contributed by atoms with Gasteiger partial charge in [-0.1, -0.05) is 25.5 Å². The van der Waals surface area contributed by atoms with Gasteiger partial charge in [-0.15, -0.1) is 0 Å². The van der Waals surface area contributed by atoms with Crippen LogP contribution in [0.15, 0.2) is 24.3 Å². The van der Waals surface area contributed by atoms with Crippen LogP contribution in [0, 0.1) is 0 Å². The third-order valence-electron chi connectivity index (χ3n) is 3.03. The molecule has 118 valence electrons. The maximum Gasteiger partial charge on any atom is 0.220 e. The van der Waals surface area contributed by atoms with Gasteiger partial charge in [-0.25, -0.2) is 0 Å². The summed E-state index contributed by atoms with van der Waals surface area (Å²) < 4.78 is 10.5. The zero-order valence-electron chi connectivity index (χ0n) is 12.8. The molecule has 1 aromatic rings. The lowest BCUT2D eigenvalue weighted by atomic mass is 10.2. The van der Waals surface area contributed by atoms with Crippen LogP contribution < -0.4 is 10.1 Å². The Hall–Kier alpha value is -1.59. The highest BCUT2D eigenvalue weighted by Crippen LogP contribution is 2.11. The van der Waals surface area contributed by atoms with Crippen molar-refractivity contribution < 1.29 is 19.4 Å². The molecule has 0 spiro atoms. The van der Waals surface area contributed by atoms with Crippen molar-refractivity contribution >= 4 is 5.91 Å². The number of hydrogen-bond donors (Lipinski definition) is 2. The number of carbonyl (C=O) groups excluding carboxylic acids is 1. The maximum atomic E-state index is 11.4. The molecule has 5 heteroatoms. The van der Waals surface area contributed by atoms with E-state index in [9.17, 15) is 9.90 Å². The summed E-state index contributed by atoms with van der Waals surface area (Å²) in [6.45, 7) is 2.88. The zero-order chi connectivity index (χ0) is 15.5. The van der Waals surface area contributed by atoms with Crippen molar-refractivity contribution in [1.82, 2.24) is 5.32 Å². The fourth-order valence-corrected chi connectivity index (χ4v) is 1.75. The second kappa shape index (κ2) is 10.2. The summed E-state index contributed by atoms with van der Waals surface area (Å²) in [4.78, 5) is 11.4. The largest absolute Gasteiger partial charge is 0.497 e. The second-order valence-electron chi connectivity index (χ2n) is 4.92. The van der Waals surface area contributed by atoms with Crippen LogP contribution >= 0.6 is 0 Å². The fraction of sp³-hybridized carbons (Fsp3) is 0.562. The SMILES string of the molecule is CCCCC(=O)NC[C@H](O)COCc1ccc(OC)cc1. The van der Waals surface area contributed by atoms with Crippen molar-refractivity contribution in [2.24, 2.45) is 0 Å². The lowest BCUT2D eigenvalue weighted by Gasteiger charge is -2.12. The van der Waals surface area contributed by atoms with Crippen molar-refractivity contribution in [2.45, 2.75) is 38.9 Å². The van der Waals surface area contributed by atoms with Crippen LogP contribution in [0.2, 0.25) is 0 Å². The van der Waals surface area contributed by atoms with Gasteiger partial charge in [-0.2, -0.15) is 0 Å². The first-order valence-electron chi connectivity index (χ1n) is 7.31. The van der Waals surface area contributed by atoms with E-state index in [1.165, 1.54) is 0 Å². The number of hydrogen-bond acceptors (Lipinski definition) is 4. The Bertz CT molecular complexity index is 405. The standard InChI is InChI=1S/C16H25NO4/c1-3-4-5-16(19)17-10-14(18)12-21-11-13-6-8-15(20-2)9-7-13/h6-9,14,18H,3-5,10-12H2,1-2H3,(H,17,19)/t14-/m0/s1. The molecule has 0 aliphatic carbocycles. The van der Waals surface area contributed by atoms with Crippen molar-refractivity contribution in [3.8, 4) is 5.75 Å². The molecule has 2 N–H and O–H groups in total. The van der Waals surface area contributed by atoms with Crippen molar-refractivity contribution in [3.63, 3.8) is 0 Å². The predicted octanol–water partition coefficient (Wildman–Crippen LogP) is 1.88. The Balaban J connectivity index is 2.14. The summed E-state index contributed by atoms with van der Waals surface area (Å²) in [6, 6.07) is 7.56. The van der Waals surface area contributed by atoms with Gasteiger partial charge in [0.15, 0.2) is 0 Å². The number of rotatable bonds is 10. The van der Waals surface area contributed by atoms with Crippen LogP contribution in [0.4, 0.5) is 0 Å². The van der Waals surface area contributed by atoms with Crippen LogP contribution in [-0.2, 0) is 16.1 Å². The molecular weight excluding hydrogens is 270 g/mol. The molecule has 0 heterocycles. The first kappa shape index (κ1) is 17.5. The first-order valence-corrected chi connectivity index (χ1v) is 7.31. The quantitative estimate of drug-likeness (QED) is 0.691. The van der Waals surface area contributed by atoms with E-state index >= 15 is 0 Å². The van der Waals surface area contributed by atoms with Gasteiger partial charge in [0, 0.05) is 13.0 Å². The highest BCUT2D eigenvalue weighted by molar-refractivity contribution is 5.75. The van der Waals surface area contributed by atoms with E-state index in [1.54, 1.807) is 7.11 Å². The monoisotopic (exact) mass is 295 g/mol. The Morgan fingerprint density at radius 2 is 2.05 bits per heavy atom. The molecule has 5 nitrogen and oxygen atoms in total. The third kappa shape index (κ3) is 7.68. The van der Waals surface area contributed by atoms with Gasteiger partial charge in [0.1, 0.15) is 5.75 Å². The number of nitrogens with one attached hydrogen (secondary N) is 1. The number of unbranched alkanes of at least 4 members (excludes halogenated alkanes) is 1. The minimum absolute atomic E-state index is 0.0222. The number of benzene rings is 1. The molecule has 0 saturated heterocycles. The van der Waals surface area contributed by atoms with Gasteiger partial charge in [-0.3, -0.25) is 4.79 Å². The Labute approximate surface area is 126 Å². The minimum Gasteiger partial charge on any atom is -0.497 e. The summed E-state index contributed by atoms with van der Waals surface area (Å²) in [6.07, 6.45) is 1.68. The molecule has 0 radical (unpaired) electrons. The molecular formula is C16H25NO4. The molecule has 0 bridgehead atoms. The summed E-state index contributed by atoms with van der Waals surface area (Å²) in [5, 5.41) is 12.4. The molecule has 0 aromatic heterocycles. The van der Waals surface area contributed by atoms with Crippen LogP contribution in [0.5, 0.6) is 5.75 Å². The normalized spacial score (nSPS) is 12.0. The van der Waals surface area contributed by atoms with Gasteiger partial charge in [0.05, 0.1) is 26.4 Å². The summed E-state index contributed by atoms with van der Waals surface area (Å²) in [5.41, 5.74) is 1.01. The smallest absolute Gasteiger partial charge is 0.220 e. The van der Waals surface area contributed by atoms with Gasteiger partial charge >= 0.3 is 0 Å². The van der Waals surface area contributed by atoms with E-state index in [4.69, 9.17) is 9.47 Å². The molecule has 0 aliphatic heterocycles. The molecule has 21 heavy (non-hydrogen) atoms. The van der Waals surface area contributed by atoms with Crippen molar-refractivity contribution in [2.75, 3.05) is 20.3 Å². The Morgan fingerprint density at radius 1 is 1.33 bits per heavy atom. The van der Waals surface area contributed by atoms with Crippen LogP contribution in [0.1, 0.15) is 31.7 Å². The van der Waals surface area contributed by atoms with E-state index < -0.39 is 6.10 Å². The maximum absolute atomic E-state index is 11.4. The second-order valence-corrected chi connectivity index (χ2v) is 4.92. The van der Waals surface area contributed by atoms with Crippen molar-refractivity contribution in [3.05, 3.63) is 29.8 Å². The number of amides is 1. The summed E-state index contributed by atoms with van der Waals surface area (Å²) in [5.74, 6) is 0.777. The van der Waals surface area contributed by atoms with Crippen molar-refractivity contribution in [1.29, 1.82) is 0 Å². The summed E-state index contributed by atoms with van der Waals surface area (Å²) >= 11 is 0. The Kier molecular flexibility index (Phi) is 8.47. The fourth-order valence-electron chi connectivity index (χ4n) is 1.75. The molecule has 1 rings (SSSR count). The molecule has 1 amide bonds. The number of carbonyl (C=O) groups is 1. The first-order chi connectivity index (χ1) is 10.2. The highest BCUT2D eigenvalue weighted by atomic mass is 16.5. The molecule has 1 aromatic carbocycles. The number of methoxy groups -OCH3 is 1. The zero-order valence-corrected chi connectivity index (χ0v) is 12.8. The average Bonchev–Trinajstić information content (AvgIpc) is 2.51. The van der Waals surface area contributed by atoms with E-state index in [2.05, 4.69) is 5.32 Å². The summed E-state index contributed by atoms with van der Waals surface area (Å²) in [7, 11) is 1.62. The molecule has 0 unspecified atom stereocenters. The average molecular weight is 295 g/mol. The van der Waals surface area contributed by atoms with E-state index in [1.807, 2.05) is 31.2 Å². The van der Waals surface area contributed by atoms with E-state index in [0.29, 0.717) is 13.0 Å². The molecule has 0 saturated carbocycles. The predicted molar refractivity (Wildman–Crippen MR) is 81.2 cm³/mol. The molecule has 1 atom stereocenters. The number of aliphatic hydroxyl groups is 1. The third-order valence-corrected chi connectivity index (χ3v) is 3.03. The molecule has 0 fully saturated rings. The Morgan fingerprint density at radius 3 is 2.67 bits per heavy atom. The minimum atomic E-state index is -0.686. The van der Waals surface area contributed by atoms with Gasteiger partial charge in [0.25, 0.3) is 0 Å². The van der Waals surface area contributed by atoms with Gasteiger partial charge in [-0.05, 0) is 24.1 Å². The number of ether oxygens (including phenoxy) is 2. The van der Waals surface area contributed by atoms with Gasteiger partial charge in [0.2, 0.25) is 5.91 Å². The topological polar surface area (TPSA) is 67.8 Å². The molecule has 0 aliphatic rings. The van der Waals surface area contributed by atoms with Gasteiger partial charge < -0.3 is 19.9 Å². The van der Waals surface area contributed by atoms with E-state index in [-0.39, 0.29) is 19.1 Å². The van der Waals surface area contributed by atoms with Crippen LogP contribution in [-0.4, -0.2) is 37.4 Å². The number of aliphatic hydroxyl groups excluding tert-OH is 1. The lowest BCUT2D eigenvalue weighted by molar-refractivity contribution is -0.121.